The fraction of sp³-hybridized carbons (Fsp3) is 0.138. The minimum absolute atomic E-state index is 0.168. The second-order valence-electron chi connectivity index (χ2n) is 9.06. The lowest BCUT2D eigenvalue weighted by Gasteiger charge is -2.28. The van der Waals surface area contributed by atoms with Gasteiger partial charge < -0.3 is 20.6 Å². The largest absolute Gasteiger partial charge is 0.465 e. The van der Waals surface area contributed by atoms with E-state index >= 15 is 0 Å². The molecule has 0 saturated carbocycles. The Hall–Kier alpha value is -5.43. The predicted molar refractivity (Wildman–Crippen MR) is 144 cm³/mol. The fourth-order valence-corrected chi connectivity index (χ4v) is 4.54. The third kappa shape index (κ3) is 5.62. The van der Waals surface area contributed by atoms with Crippen molar-refractivity contribution >= 4 is 29.3 Å². The number of nitrogens with zero attached hydrogens (tertiary/aromatic N) is 4. The first-order chi connectivity index (χ1) is 18.9. The normalized spacial score (nSPS) is 12.4. The molecule has 1 aliphatic heterocycles. The zero-order valence-electron chi connectivity index (χ0n) is 20.8. The van der Waals surface area contributed by atoms with Crippen LogP contribution in [0.15, 0.2) is 79.0 Å². The Labute approximate surface area is 224 Å². The van der Waals surface area contributed by atoms with Crippen LogP contribution in [-0.2, 0) is 19.5 Å². The van der Waals surface area contributed by atoms with Crippen molar-refractivity contribution in [3.05, 3.63) is 113 Å². The van der Waals surface area contributed by atoms with E-state index in [0.29, 0.717) is 36.4 Å². The van der Waals surface area contributed by atoms with Crippen LogP contribution < -0.4 is 15.5 Å². The van der Waals surface area contributed by atoms with Gasteiger partial charge in [-0.15, -0.1) is 0 Å². The first-order valence-corrected chi connectivity index (χ1v) is 12.2. The number of nitriles is 1. The molecule has 0 fully saturated rings. The highest BCUT2D eigenvalue weighted by molar-refractivity contribution is 6.15. The lowest BCUT2D eigenvalue weighted by Crippen LogP contribution is -2.41. The number of carbonyl (C=O) groups is 3. The molecule has 1 aliphatic rings. The van der Waals surface area contributed by atoms with Gasteiger partial charge in [-0.3, -0.25) is 14.3 Å². The van der Waals surface area contributed by atoms with Crippen molar-refractivity contribution in [1.29, 1.82) is 5.26 Å². The Kier molecular flexibility index (Phi) is 7.05. The number of nitrogens with one attached hydrogen (secondary N) is 2. The summed E-state index contributed by atoms with van der Waals surface area (Å²) in [6.07, 6.45) is 0.979. The fourth-order valence-electron chi connectivity index (χ4n) is 4.54. The Balaban J connectivity index is 1.29. The van der Waals surface area contributed by atoms with Crippen molar-refractivity contribution in [1.82, 2.24) is 15.1 Å². The van der Waals surface area contributed by atoms with Crippen molar-refractivity contribution < 1.29 is 19.5 Å². The smallest absolute Gasteiger partial charge is 0.404 e. The molecular weight excluding hydrogens is 496 g/mol. The van der Waals surface area contributed by atoms with Gasteiger partial charge in [0, 0.05) is 24.5 Å². The first-order valence-electron chi connectivity index (χ1n) is 12.2. The molecular formula is C29H24N6O4. The lowest BCUT2D eigenvalue weighted by atomic mass is 10.0. The molecule has 10 nitrogen and oxygen atoms in total. The summed E-state index contributed by atoms with van der Waals surface area (Å²) in [6.45, 7) is 1.09. The Morgan fingerprint density at radius 1 is 0.974 bits per heavy atom. The van der Waals surface area contributed by atoms with Crippen LogP contribution in [0.5, 0.6) is 0 Å². The molecule has 3 aromatic carbocycles. The van der Waals surface area contributed by atoms with Crippen molar-refractivity contribution in [3.63, 3.8) is 0 Å². The number of rotatable bonds is 7. The molecule has 0 spiro atoms. The van der Waals surface area contributed by atoms with E-state index in [1.165, 1.54) is 6.20 Å². The van der Waals surface area contributed by atoms with E-state index in [1.807, 2.05) is 54.6 Å². The summed E-state index contributed by atoms with van der Waals surface area (Å²) < 4.78 is 1.54. The lowest BCUT2D eigenvalue weighted by molar-refractivity contribution is 0.0946. The van der Waals surface area contributed by atoms with Crippen LogP contribution in [0.4, 0.5) is 16.2 Å². The number of amides is 3. The Morgan fingerprint density at radius 3 is 2.51 bits per heavy atom. The third-order valence-corrected chi connectivity index (χ3v) is 6.41. The molecule has 0 unspecified atom stereocenters. The number of aromatic nitrogens is 2. The van der Waals surface area contributed by atoms with Crippen molar-refractivity contribution in [3.8, 4) is 6.07 Å². The minimum Gasteiger partial charge on any atom is -0.465 e. The molecule has 0 aliphatic carbocycles. The molecule has 194 valence electrons. The van der Waals surface area contributed by atoms with Gasteiger partial charge in [-0.25, -0.2) is 4.79 Å². The highest BCUT2D eigenvalue weighted by atomic mass is 16.4. The maximum Gasteiger partial charge on any atom is 0.404 e. The van der Waals surface area contributed by atoms with Crippen LogP contribution in [-0.4, -0.2) is 39.3 Å². The van der Waals surface area contributed by atoms with E-state index in [2.05, 4.69) is 15.7 Å². The minimum atomic E-state index is -1.07. The maximum atomic E-state index is 13.5. The number of hydrogen-bond donors (Lipinski definition) is 3. The SMILES string of the molecule is N#Cc1cccc(NC(=O)c2cnn3c2C(=O)N(c2ccc(Cc4cccc(CNC(=O)O)c4)cc2)CC3)c1. The standard InChI is InChI=1S/C29H24N6O4/c30-16-21-4-2-6-23(15-21)33-27(36)25-18-32-35-12-11-34(28(37)26(25)35)24-9-7-19(8-10-24)13-20-3-1-5-22(14-20)17-31-29(38)39/h1-10,14-15,18,31H,11-13,17H2,(H,33,36)(H,38,39). The number of anilines is 2. The van der Waals surface area contributed by atoms with Gasteiger partial charge in [-0.05, 0) is 53.4 Å². The topological polar surface area (TPSA) is 140 Å². The van der Waals surface area contributed by atoms with Crippen LogP contribution >= 0.6 is 0 Å². The van der Waals surface area contributed by atoms with Crippen LogP contribution in [0.2, 0.25) is 0 Å². The summed E-state index contributed by atoms with van der Waals surface area (Å²) >= 11 is 0. The van der Waals surface area contributed by atoms with Gasteiger partial charge in [0.2, 0.25) is 0 Å². The Bertz CT molecular complexity index is 1600. The van der Waals surface area contributed by atoms with Crippen LogP contribution in [0.25, 0.3) is 0 Å². The summed E-state index contributed by atoms with van der Waals surface area (Å²) in [4.78, 5) is 38.9. The average molecular weight is 521 g/mol. The molecule has 0 bridgehead atoms. The van der Waals surface area contributed by atoms with E-state index in [9.17, 15) is 14.4 Å². The van der Waals surface area contributed by atoms with E-state index in [4.69, 9.17) is 10.4 Å². The average Bonchev–Trinajstić information content (AvgIpc) is 3.38. The van der Waals surface area contributed by atoms with Crippen LogP contribution in [0, 0.1) is 11.3 Å². The first kappa shape index (κ1) is 25.2. The van der Waals surface area contributed by atoms with Gasteiger partial charge in [0.25, 0.3) is 11.8 Å². The highest BCUT2D eigenvalue weighted by Gasteiger charge is 2.32. The number of carbonyl (C=O) groups excluding carboxylic acids is 2. The number of fused-ring (bicyclic) bond motifs is 1. The molecule has 3 amide bonds. The molecule has 0 radical (unpaired) electrons. The number of benzene rings is 3. The molecule has 2 heterocycles. The molecule has 5 rings (SSSR count). The predicted octanol–water partition coefficient (Wildman–Crippen LogP) is 4.03. The monoisotopic (exact) mass is 520 g/mol. The summed E-state index contributed by atoms with van der Waals surface area (Å²) in [7, 11) is 0. The molecule has 0 saturated heterocycles. The summed E-state index contributed by atoms with van der Waals surface area (Å²) in [5, 5.41) is 27.3. The van der Waals surface area contributed by atoms with Gasteiger partial charge in [-0.2, -0.15) is 10.4 Å². The van der Waals surface area contributed by atoms with E-state index in [-0.39, 0.29) is 23.7 Å². The number of carboxylic acid groups (broad SMARTS) is 1. The van der Waals surface area contributed by atoms with Gasteiger partial charge in [0.1, 0.15) is 5.69 Å². The van der Waals surface area contributed by atoms with Gasteiger partial charge in [-0.1, -0.05) is 42.5 Å². The van der Waals surface area contributed by atoms with Gasteiger partial charge in [0.15, 0.2) is 0 Å². The van der Waals surface area contributed by atoms with E-state index in [0.717, 1.165) is 16.7 Å². The van der Waals surface area contributed by atoms with Crippen LogP contribution in [0.3, 0.4) is 0 Å². The summed E-state index contributed by atoms with van der Waals surface area (Å²) in [5.41, 5.74) is 4.92. The number of hydrogen-bond acceptors (Lipinski definition) is 5. The van der Waals surface area contributed by atoms with Gasteiger partial charge in [0.05, 0.1) is 29.9 Å². The molecule has 10 heteroatoms. The maximum absolute atomic E-state index is 13.5. The molecule has 0 atom stereocenters. The van der Waals surface area contributed by atoms with Crippen molar-refractivity contribution in [2.75, 3.05) is 16.8 Å². The van der Waals surface area contributed by atoms with Gasteiger partial charge >= 0.3 is 6.09 Å². The van der Waals surface area contributed by atoms with E-state index in [1.54, 1.807) is 33.8 Å². The van der Waals surface area contributed by atoms with Crippen molar-refractivity contribution in [2.24, 2.45) is 0 Å². The second-order valence-corrected chi connectivity index (χ2v) is 9.06. The van der Waals surface area contributed by atoms with E-state index < -0.39 is 12.0 Å². The molecule has 4 aromatic rings. The van der Waals surface area contributed by atoms with Crippen LogP contribution in [0.1, 0.15) is 43.1 Å². The summed E-state index contributed by atoms with van der Waals surface area (Å²) in [5.74, 6) is -0.793. The highest BCUT2D eigenvalue weighted by Crippen LogP contribution is 2.25. The molecule has 3 N–H and O–H groups in total. The zero-order chi connectivity index (χ0) is 27.4. The zero-order valence-corrected chi connectivity index (χ0v) is 20.8. The molecule has 39 heavy (non-hydrogen) atoms. The molecule has 1 aromatic heterocycles. The Morgan fingerprint density at radius 2 is 1.74 bits per heavy atom. The quantitative estimate of drug-likeness (QED) is 0.336. The van der Waals surface area contributed by atoms with Crippen molar-refractivity contribution in [2.45, 2.75) is 19.5 Å². The second kappa shape index (κ2) is 10.9. The third-order valence-electron chi connectivity index (χ3n) is 6.41. The summed E-state index contributed by atoms with van der Waals surface area (Å²) in [6, 6.07) is 23.9.